The summed E-state index contributed by atoms with van der Waals surface area (Å²) in [7, 11) is 0. The first-order valence-corrected chi connectivity index (χ1v) is 8.69. The number of hydrogen-bond acceptors (Lipinski definition) is 2. The lowest BCUT2D eigenvalue weighted by Gasteiger charge is -2.16. The monoisotopic (exact) mass is 337 g/mol. The fourth-order valence-electron chi connectivity index (χ4n) is 2.74. The van der Waals surface area contributed by atoms with Crippen molar-refractivity contribution in [2.45, 2.75) is 38.1 Å². The third-order valence-corrected chi connectivity index (χ3v) is 4.23. The normalized spacial score (nSPS) is 14.4. The van der Waals surface area contributed by atoms with Crippen LogP contribution >= 0.6 is 0 Å². The number of amides is 3. The van der Waals surface area contributed by atoms with E-state index < -0.39 is 0 Å². The van der Waals surface area contributed by atoms with Gasteiger partial charge < -0.3 is 16.0 Å². The van der Waals surface area contributed by atoms with Gasteiger partial charge in [-0.2, -0.15) is 0 Å². The molecule has 2 aromatic rings. The van der Waals surface area contributed by atoms with Crippen LogP contribution in [0, 0.1) is 0 Å². The van der Waals surface area contributed by atoms with E-state index in [-0.39, 0.29) is 17.9 Å². The van der Waals surface area contributed by atoms with Crippen molar-refractivity contribution in [2.24, 2.45) is 0 Å². The average molecular weight is 337 g/mol. The van der Waals surface area contributed by atoms with Crippen molar-refractivity contribution in [3.63, 3.8) is 0 Å². The summed E-state index contributed by atoms with van der Waals surface area (Å²) < 4.78 is 0. The number of hydrogen-bond donors (Lipinski definition) is 3. The van der Waals surface area contributed by atoms with Crippen molar-refractivity contribution in [1.29, 1.82) is 0 Å². The zero-order chi connectivity index (χ0) is 17.6. The molecular formula is C20H23N3O2. The smallest absolute Gasteiger partial charge is 0.319 e. The van der Waals surface area contributed by atoms with Gasteiger partial charge in [-0.05, 0) is 43.0 Å². The molecule has 0 aromatic heterocycles. The minimum absolute atomic E-state index is 0.0479. The Morgan fingerprint density at radius 1 is 1.00 bits per heavy atom. The minimum atomic E-state index is -0.207. The van der Waals surface area contributed by atoms with Crippen LogP contribution in [0.2, 0.25) is 0 Å². The Labute approximate surface area is 147 Å². The van der Waals surface area contributed by atoms with Crippen molar-refractivity contribution in [3.05, 3.63) is 60.2 Å². The molecule has 1 fully saturated rings. The van der Waals surface area contributed by atoms with Gasteiger partial charge in [0.1, 0.15) is 0 Å². The molecule has 1 saturated carbocycles. The van der Waals surface area contributed by atoms with Gasteiger partial charge in [0, 0.05) is 17.4 Å². The van der Waals surface area contributed by atoms with Gasteiger partial charge in [0.2, 0.25) is 5.91 Å². The molecule has 0 spiro atoms. The van der Waals surface area contributed by atoms with Gasteiger partial charge in [0.15, 0.2) is 0 Å². The van der Waals surface area contributed by atoms with Crippen molar-refractivity contribution >= 4 is 23.3 Å². The predicted molar refractivity (Wildman–Crippen MR) is 99.7 cm³/mol. The van der Waals surface area contributed by atoms with Gasteiger partial charge in [-0.15, -0.1) is 0 Å². The molecule has 3 rings (SSSR count). The Bertz CT molecular complexity index is 742. The molecule has 130 valence electrons. The number of benzene rings is 2. The van der Waals surface area contributed by atoms with Crippen LogP contribution in [0.25, 0.3) is 0 Å². The van der Waals surface area contributed by atoms with Gasteiger partial charge in [-0.1, -0.05) is 43.3 Å². The highest BCUT2D eigenvalue weighted by Crippen LogP contribution is 2.23. The highest BCUT2D eigenvalue weighted by atomic mass is 16.2. The van der Waals surface area contributed by atoms with Crippen molar-refractivity contribution < 1.29 is 9.59 Å². The lowest BCUT2D eigenvalue weighted by molar-refractivity contribution is -0.117. The molecule has 0 heterocycles. The fourth-order valence-corrected chi connectivity index (χ4v) is 2.74. The van der Waals surface area contributed by atoms with E-state index in [1.165, 1.54) is 0 Å². The molecule has 3 amide bonds. The third kappa shape index (κ3) is 4.83. The quantitative estimate of drug-likeness (QED) is 0.742. The number of rotatable bonds is 6. The number of anilines is 2. The van der Waals surface area contributed by atoms with Crippen LogP contribution < -0.4 is 16.0 Å². The second-order valence-corrected chi connectivity index (χ2v) is 6.31. The first-order valence-electron chi connectivity index (χ1n) is 8.69. The highest BCUT2D eigenvalue weighted by Gasteiger charge is 2.23. The molecule has 1 atom stereocenters. The Morgan fingerprint density at radius 3 is 2.32 bits per heavy atom. The highest BCUT2D eigenvalue weighted by molar-refractivity contribution is 5.97. The Hall–Kier alpha value is -2.82. The largest absolute Gasteiger partial charge is 0.335 e. The second kappa shape index (κ2) is 7.83. The van der Waals surface area contributed by atoms with Crippen LogP contribution in [0.3, 0.4) is 0 Å². The SMILES string of the molecule is CC[C@@H](C(=O)Nc1cccc(NC(=O)NC2CC2)c1)c1ccccc1. The zero-order valence-corrected chi connectivity index (χ0v) is 14.3. The number of carbonyl (C=O) groups excluding carboxylic acids is 2. The van der Waals surface area contributed by atoms with Gasteiger partial charge >= 0.3 is 6.03 Å². The lowest BCUT2D eigenvalue weighted by Crippen LogP contribution is -2.30. The summed E-state index contributed by atoms with van der Waals surface area (Å²) in [4.78, 5) is 24.4. The molecule has 3 N–H and O–H groups in total. The summed E-state index contributed by atoms with van der Waals surface area (Å²) in [6, 6.07) is 17.0. The van der Waals surface area contributed by atoms with Crippen LogP contribution in [0.4, 0.5) is 16.2 Å². The Morgan fingerprint density at radius 2 is 1.68 bits per heavy atom. The zero-order valence-electron chi connectivity index (χ0n) is 14.3. The molecule has 1 aliphatic carbocycles. The minimum Gasteiger partial charge on any atom is -0.335 e. The topological polar surface area (TPSA) is 70.2 Å². The first-order chi connectivity index (χ1) is 12.2. The van der Waals surface area contributed by atoms with Crippen LogP contribution in [0.1, 0.15) is 37.7 Å². The molecule has 2 aromatic carbocycles. The number of nitrogens with one attached hydrogen (secondary N) is 3. The molecule has 0 aliphatic heterocycles. The van der Waals surface area contributed by atoms with Crippen LogP contribution in [0.15, 0.2) is 54.6 Å². The number of carbonyl (C=O) groups is 2. The molecule has 5 heteroatoms. The summed E-state index contributed by atoms with van der Waals surface area (Å²) >= 11 is 0. The van der Waals surface area contributed by atoms with E-state index in [9.17, 15) is 9.59 Å². The number of urea groups is 1. The average Bonchev–Trinajstić information content (AvgIpc) is 3.40. The third-order valence-electron chi connectivity index (χ3n) is 4.23. The van der Waals surface area contributed by atoms with E-state index >= 15 is 0 Å². The van der Waals surface area contributed by atoms with E-state index in [1.54, 1.807) is 12.1 Å². The summed E-state index contributed by atoms with van der Waals surface area (Å²) in [5.74, 6) is -0.246. The molecule has 0 bridgehead atoms. The van der Waals surface area contributed by atoms with Crippen molar-refractivity contribution in [1.82, 2.24) is 5.32 Å². The lowest BCUT2D eigenvalue weighted by atomic mass is 9.95. The molecule has 1 aliphatic rings. The summed E-state index contributed by atoms with van der Waals surface area (Å²) in [5, 5.41) is 8.62. The van der Waals surface area contributed by atoms with E-state index in [2.05, 4.69) is 16.0 Å². The van der Waals surface area contributed by atoms with Crippen LogP contribution in [-0.4, -0.2) is 18.0 Å². The van der Waals surface area contributed by atoms with E-state index in [0.717, 1.165) is 24.8 Å². The Kier molecular flexibility index (Phi) is 5.33. The molecule has 0 unspecified atom stereocenters. The summed E-state index contributed by atoms with van der Waals surface area (Å²) in [6.07, 6.45) is 2.81. The predicted octanol–water partition coefficient (Wildman–Crippen LogP) is 4.10. The second-order valence-electron chi connectivity index (χ2n) is 6.31. The maximum Gasteiger partial charge on any atom is 0.319 e. The molecule has 0 saturated heterocycles. The maximum absolute atomic E-state index is 12.6. The van der Waals surface area contributed by atoms with Gasteiger partial charge in [0.25, 0.3) is 0 Å². The van der Waals surface area contributed by atoms with E-state index in [4.69, 9.17) is 0 Å². The van der Waals surface area contributed by atoms with Crippen molar-refractivity contribution in [3.8, 4) is 0 Å². The fraction of sp³-hybridized carbons (Fsp3) is 0.300. The summed E-state index contributed by atoms with van der Waals surface area (Å²) in [6.45, 7) is 2.00. The standard InChI is InChI=1S/C20H23N3O2/c1-2-18(14-7-4-3-5-8-14)19(24)21-16-9-6-10-17(13-16)23-20(25)22-15-11-12-15/h3-10,13,15,18H,2,11-12H2,1H3,(H,21,24)(H2,22,23,25)/t18-/m1/s1. The molecule has 0 radical (unpaired) electrons. The van der Waals surface area contributed by atoms with E-state index in [0.29, 0.717) is 17.4 Å². The van der Waals surface area contributed by atoms with Crippen LogP contribution in [0.5, 0.6) is 0 Å². The Balaban J connectivity index is 1.64. The van der Waals surface area contributed by atoms with Crippen LogP contribution in [-0.2, 0) is 4.79 Å². The van der Waals surface area contributed by atoms with Crippen molar-refractivity contribution in [2.75, 3.05) is 10.6 Å². The summed E-state index contributed by atoms with van der Waals surface area (Å²) in [5.41, 5.74) is 2.33. The molecule has 25 heavy (non-hydrogen) atoms. The van der Waals surface area contributed by atoms with Gasteiger partial charge in [-0.25, -0.2) is 4.79 Å². The first kappa shape index (κ1) is 17.0. The maximum atomic E-state index is 12.6. The van der Waals surface area contributed by atoms with E-state index in [1.807, 2.05) is 49.4 Å². The molecular weight excluding hydrogens is 314 g/mol. The molecule has 5 nitrogen and oxygen atoms in total. The van der Waals surface area contributed by atoms with Gasteiger partial charge in [0.05, 0.1) is 5.92 Å². The van der Waals surface area contributed by atoms with Gasteiger partial charge in [-0.3, -0.25) is 4.79 Å².